The number of halogens is 4. The molecule has 1 N–H and O–H groups in total. The van der Waals surface area contributed by atoms with Crippen LogP contribution in [0.25, 0.3) is 5.69 Å². The maximum Gasteiger partial charge on any atom is 0.433 e. The molecule has 3 fully saturated rings. The first-order valence-corrected chi connectivity index (χ1v) is 11.7. The molecule has 0 saturated heterocycles. The van der Waals surface area contributed by atoms with Gasteiger partial charge in [0.15, 0.2) is 11.9 Å². The zero-order valence-electron chi connectivity index (χ0n) is 18.4. The Hall–Kier alpha value is -2.91. The van der Waals surface area contributed by atoms with Crippen molar-refractivity contribution in [2.75, 3.05) is 0 Å². The van der Waals surface area contributed by atoms with Crippen molar-refractivity contribution >= 4 is 17.4 Å². The zero-order valence-corrected chi connectivity index (χ0v) is 19.2. The molecule has 2 atom stereocenters. The van der Waals surface area contributed by atoms with Gasteiger partial charge in [-0.3, -0.25) is 4.79 Å². The smallest absolute Gasteiger partial charge is 0.433 e. The summed E-state index contributed by atoms with van der Waals surface area (Å²) < 4.78 is 45.7. The third kappa shape index (κ3) is 3.72. The lowest BCUT2D eigenvalue weighted by Gasteiger charge is -2.71. The number of carbonyl (C=O) groups excluding carboxylic acids is 1. The summed E-state index contributed by atoms with van der Waals surface area (Å²) in [7, 11) is 0. The summed E-state index contributed by atoms with van der Waals surface area (Å²) in [6, 6.07) is 7.30. The molecule has 1 aliphatic heterocycles. The van der Waals surface area contributed by atoms with Gasteiger partial charge in [0.2, 0.25) is 0 Å². The largest absolute Gasteiger partial charge is 0.482 e. The van der Waals surface area contributed by atoms with E-state index in [1.54, 1.807) is 24.4 Å². The van der Waals surface area contributed by atoms with Gasteiger partial charge < -0.3 is 9.84 Å². The second-order valence-corrected chi connectivity index (χ2v) is 10.5. The summed E-state index contributed by atoms with van der Waals surface area (Å²) in [5, 5.41) is 15.3. The van der Waals surface area contributed by atoms with Crippen LogP contribution in [0.1, 0.15) is 55.0 Å². The number of nitrogens with zero attached hydrogens (tertiary/aromatic N) is 3. The summed E-state index contributed by atoms with van der Waals surface area (Å²) in [4.78, 5) is 16.5. The number of pyridine rings is 1. The summed E-state index contributed by atoms with van der Waals surface area (Å²) >= 11 is 6.00. The molecule has 6 nitrogen and oxygen atoms in total. The number of fused-ring (bicyclic) bond motifs is 1. The van der Waals surface area contributed by atoms with Crippen molar-refractivity contribution < 1.29 is 27.8 Å². The normalized spacial score (nSPS) is 28.9. The first-order chi connectivity index (χ1) is 16.6. The first kappa shape index (κ1) is 22.5. The number of carbonyl (C=O) groups is 1. The molecule has 182 valence electrons. The molecule has 3 heterocycles. The number of ketones is 1. The number of aliphatic hydroxyl groups is 1. The lowest BCUT2D eigenvalue weighted by molar-refractivity contribution is -0.163. The van der Waals surface area contributed by atoms with Crippen LogP contribution in [0.3, 0.4) is 0 Å². The number of aliphatic hydroxyl groups excluding tert-OH is 1. The number of Topliss-reactive ketones (excluding diaryl/α,β-unsaturated/α-hetero) is 1. The van der Waals surface area contributed by atoms with Gasteiger partial charge in [-0.2, -0.15) is 18.3 Å². The van der Waals surface area contributed by atoms with Gasteiger partial charge >= 0.3 is 6.18 Å². The predicted octanol–water partition coefficient (Wildman–Crippen LogP) is 5.21. The third-order valence-corrected chi connectivity index (χ3v) is 7.82. The Morgan fingerprint density at radius 3 is 2.66 bits per heavy atom. The quantitative estimate of drug-likeness (QED) is 0.517. The van der Waals surface area contributed by atoms with Gasteiger partial charge in [-0.1, -0.05) is 11.6 Å². The Morgan fingerprint density at radius 1 is 1.20 bits per heavy atom. The number of hydrogen-bond donors (Lipinski definition) is 1. The van der Waals surface area contributed by atoms with Crippen molar-refractivity contribution in [3.8, 4) is 11.4 Å². The van der Waals surface area contributed by atoms with E-state index >= 15 is 0 Å². The lowest BCUT2D eigenvalue weighted by Crippen LogP contribution is -2.65. The molecule has 0 radical (unpaired) electrons. The minimum Gasteiger partial charge on any atom is -0.482 e. The van der Waals surface area contributed by atoms with E-state index in [-0.39, 0.29) is 23.0 Å². The predicted molar refractivity (Wildman–Crippen MR) is 119 cm³/mol. The van der Waals surface area contributed by atoms with Gasteiger partial charge in [-0.25, -0.2) is 9.67 Å². The molecular formula is C25H21ClF3N3O3. The number of rotatable bonds is 5. The number of benzene rings is 1. The molecular weight excluding hydrogens is 483 g/mol. The SMILES string of the molecule is O=C(CC12CC(c3cnn(-c4ccc(C(F)(F)F)nc4)c3)(C1)C2)[C@@H]1C[C@@H](O)c2cc(Cl)ccc2O1. The van der Waals surface area contributed by atoms with Crippen LogP contribution in [0.5, 0.6) is 5.75 Å². The van der Waals surface area contributed by atoms with Crippen molar-refractivity contribution in [1.82, 2.24) is 14.8 Å². The number of hydrogen-bond acceptors (Lipinski definition) is 5. The lowest BCUT2D eigenvalue weighted by atomic mass is 9.32. The number of alkyl halides is 3. The zero-order chi connectivity index (χ0) is 24.6. The molecule has 3 aromatic rings. The standard InChI is InChI=1S/C25H21ClF3N3O3/c26-15-1-3-20-17(5-15)18(33)6-21(35-20)19(34)7-23-11-24(12-23,13-23)14-8-31-32(10-14)16-2-4-22(30-9-16)25(27,28)29/h1-5,8-10,18,21,33H,6-7,11-13H2/t18-,21+,23?,24?/m1/s1. The van der Waals surface area contributed by atoms with E-state index in [0.29, 0.717) is 28.4 Å². The minimum atomic E-state index is -4.48. The van der Waals surface area contributed by atoms with Crippen LogP contribution in [0, 0.1) is 5.41 Å². The van der Waals surface area contributed by atoms with E-state index in [2.05, 4.69) is 10.1 Å². The van der Waals surface area contributed by atoms with Gasteiger partial charge in [0.1, 0.15) is 11.4 Å². The molecule has 35 heavy (non-hydrogen) atoms. The molecule has 7 rings (SSSR count). The van der Waals surface area contributed by atoms with E-state index in [4.69, 9.17) is 16.3 Å². The Morgan fingerprint density at radius 2 is 1.97 bits per heavy atom. The fraction of sp³-hybridized carbons (Fsp3) is 0.400. The van der Waals surface area contributed by atoms with Gasteiger partial charge in [-0.15, -0.1) is 0 Å². The Kier molecular flexibility index (Phi) is 4.86. The highest BCUT2D eigenvalue weighted by atomic mass is 35.5. The van der Waals surface area contributed by atoms with Crippen molar-refractivity contribution in [3.05, 3.63) is 70.8 Å². The fourth-order valence-corrected chi connectivity index (χ4v) is 6.20. The van der Waals surface area contributed by atoms with Crippen LogP contribution in [-0.2, 0) is 16.4 Å². The second-order valence-electron chi connectivity index (χ2n) is 10.1. The van der Waals surface area contributed by atoms with Gasteiger partial charge in [0.05, 0.1) is 24.2 Å². The van der Waals surface area contributed by atoms with Gasteiger partial charge in [0.25, 0.3) is 0 Å². The Labute approximate surface area is 203 Å². The highest BCUT2D eigenvalue weighted by Gasteiger charge is 2.69. The van der Waals surface area contributed by atoms with Crippen LogP contribution in [0.15, 0.2) is 48.9 Å². The minimum absolute atomic E-state index is 0.00975. The molecule has 2 aromatic heterocycles. The van der Waals surface area contributed by atoms with Crippen LogP contribution in [0.2, 0.25) is 5.02 Å². The van der Waals surface area contributed by atoms with Crippen molar-refractivity contribution in [3.63, 3.8) is 0 Å². The highest BCUT2D eigenvalue weighted by molar-refractivity contribution is 6.30. The maximum atomic E-state index is 13.0. The second kappa shape index (κ2) is 7.54. The first-order valence-electron chi connectivity index (χ1n) is 11.3. The molecule has 4 aliphatic rings. The Balaban J connectivity index is 1.09. The monoisotopic (exact) mass is 503 g/mol. The number of ether oxygens (including phenoxy) is 1. The third-order valence-electron chi connectivity index (χ3n) is 7.58. The number of aromatic nitrogens is 3. The van der Waals surface area contributed by atoms with Gasteiger partial charge in [-0.05, 0) is 60.6 Å². The van der Waals surface area contributed by atoms with E-state index < -0.39 is 24.1 Å². The Bertz CT molecular complexity index is 1300. The molecule has 0 unspecified atom stereocenters. The molecule has 2 bridgehead atoms. The van der Waals surface area contributed by atoms with Crippen molar-refractivity contribution in [2.24, 2.45) is 5.41 Å². The van der Waals surface area contributed by atoms with Crippen molar-refractivity contribution in [1.29, 1.82) is 0 Å². The summed E-state index contributed by atoms with van der Waals surface area (Å²) in [6.07, 6.45) is 1.93. The van der Waals surface area contributed by atoms with Crippen LogP contribution < -0.4 is 4.74 Å². The molecule has 3 saturated carbocycles. The van der Waals surface area contributed by atoms with E-state index in [9.17, 15) is 23.1 Å². The molecule has 0 spiro atoms. The van der Waals surface area contributed by atoms with Gasteiger partial charge in [0, 0.05) is 35.0 Å². The topological polar surface area (TPSA) is 77.2 Å². The summed E-state index contributed by atoms with van der Waals surface area (Å²) in [5.41, 5.74) is 1.02. The van der Waals surface area contributed by atoms with Crippen molar-refractivity contribution in [2.45, 2.75) is 55.9 Å². The van der Waals surface area contributed by atoms with Crippen LogP contribution >= 0.6 is 11.6 Å². The molecule has 0 amide bonds. The average molecular weight is 504 g/mol. The highest BCUT2D eigenvalue weighted by Crippen LogP contribution is 2.75. The van der Waals surface area contributed by atoms with E-state index in [0.717, 1.165) is 37.1 Å². The molecule has 3 aliphatic carbocycles. The fourth-order valence-electron chi connectivity index (χ4n) is 6.02. The maximum absolute atomic E-state index is 13.0. The van der Waals surface area contributed by atoms with Crippen LogP contribution in [-0.4, -0.2) is 31.8 Å². The summed E-state index contributed by atoms with van der Waals surface area (Å²) in [5.74, 6) is 0.482. The van der Waals surface area contributed by atoms with Crippen LogP contribution in [0.4, 0.5) is 13.2 Å². The van der Waals surface area contributed by atoms with E-state index in [1.165, 1.54) is 10.7 Å². The molecule has 10 heteroatoms. The summed E-state index contributed by atoms with van der Waals surface area (Å²) in [6.45, 7) is 0. The molecule has 1 aromatic carbocycles. The average Bonchev–Trinajstić information content (AvgIpc) is 3.25. The van der Waals surface area contributed by atoms with E-state index in [1.807, 2.05) is 6.20 Å².